The van der Waals surface area contributed by atoms with Crippen LogP contribution in [-0.2, 0) is 4.79 Å². The number of nitrogens with zero attached hydrogens (tertiary/aromatic N) is 3. The molecule has 0 atom stereocenters. The molecule has 0 spiro atoms. The summed E-state index contributed by atoms with van der Waals surface area (Å²) in [7, 11) is 0. The van der Waals surface area contributed by atoms with E-state index in [0.29, 0.717) is 41.3 Å². The van der Waals surface area contributed by atoms with Crippen LogP contribution in [0.1, 0.15) is 0 Å². The van der Waals surface area contributed by atoms with Crippen molar-refractivity contribution >= 4 is 56.1 Å². The van der Waals surface area contributed by atoms with E-state index in [1.54, 1.807) is 12.1 Å². The second-order valence-corrected chi connectivity index (χ2v) is 7.88. The fourth-order valence-electron chi connectivity index (χ4n) is 3.02. The molecule has 0 aliphatic carbocycles. The number of fused-ring (bicyclic) bond motifs is 4. The van der Waals surface area contributed by atoms with Crippen LogP contribution >= 0.6 is 27.7 Å². The fraction of sp³-hybridized carbons (Fsp3) is 0.167. The third-order valence-electron chi connectivity index (χ3n) is 4.24. The predicted molar refractivity (Wildman–Crippen MR) is 109 cm³/mol. The number of aromatic nitrogens is 4. The van der Waals surface area contributed by atoms with Crippen LogP contribution in [-0.4, -0.2) is 44.5 Å². The smallest absolute Gasteiger partial charge is 0.234 e. The number of anilines is 1. The third kappa shape index (κ3) is 3.08. The molecule has 0 saturated heterocycles. The van der Waals surface area contributed by atoms with E-state index in [2.05, 4.69) is 36.4 Å². The summed E-state index contributed by atoms with van der Waals surface area (Å²) in [5.41, 5.74) is 2.46. The minimum atomic E-state index is -0.150. The van der Waals surface area contributed by atoms with Gasteiger partial charge in [-0.3, -0.25) is 9.20 Å². The molecule has 8 nitrogen and oxygen atoms in total. The van der Waals surface area contributed by atoms with Crippen molar-refractivity contribution in [2.45, 2.75) is 5.16 Å². The highest BCUT2D eigenvalue weighted by atomic mass is 79.9. The van der Waals surface area contributed by atoms with Gasteiger partial charge >= 0.3 is 0 Å². The molecule has 142 valence electrons. The van der Waals surface area contributed by atoms with Gasteiger partial charge in [-0.2, -0.15) is 0 Å². The van der Waals surface area contributed by atoms with Gasteiger partial charge < -0.3 is 14.8 Å². The van der Waals surface area contributed by atoms with E-state index in [4.69, 9.17) is 9.47 Å². The second kappa shape index (κ2) is 7.02. The number of nitrogens with one attached hydrogen (secondary N) is 2. The first-order chi connectivity index (χ1) is 13.7. The van der Waals surface area contributed by atoms with E-state index in [1.165, 1.54) is 11.8 Å². The Hall–Kier alpha value is -2.72. The Bertz CT molecular complexity index is 1200. The van der Waals surface area contributed by atoms with Gasteiger partial charge in [-0.15, -0.1) is 5.10 Å². The Labute approximate surface area is 171 Å². The summed E-state index contributed by atoms with van der Waals surface area (Å²) in [6.07, 6.45) is 0. The van der Waals surface area contributed by atoms with Crippen LogP contribution < -0.4 is 14.8 Å². The lowest BCUT2D eigenvalue weighted by Gasteiger charge is -2.20. The summed E-state index contributed by atoms with van der Waals surface area (Å²) in [5.74, 6) is 1.99. The van der Waals surface area contributed by atoms with Crippen LogP contribution in [0.15, 0.2) is 46.0 Å². The first-order valence-corrected chi connectivity index (χ1v) is 10.3. The van der Waals surface area contributed by atoms with Gasteiger partial charge in [0.2, 0.25) is 11.7 Å². The molecule has 1 amide bonds. The number of benzene rings is 2. The zero-order valence-corrected chi connectivity index (χ0v) is 16.8. The maximum Gasteiger partial charge on any atom is 0.234 e. The maximum absolute atomic E-state index is 12.5. The van der Waals surface area contributed by atoms with Crippen molar-refractivity contribution in [2.75, 3.05) is 24.3 Å². The molecule has 0 bridgehead atoms. The standard InChI is InChI=1S/C18H14BrN5O3S/c19-10-7-14-15(27-6-5-26-14)8-12(10)20-16(25)9-28-18-23-22-17-21-11-3-1-2-4-13(11)24(17)18/h1-4,7-8H,5-6,9H2,(H,20,25)(H,21,22). The highest BCUT2D eigenvalue weighted by molar-refractivity contribution is 9.10. The number of carbonyl (C=O) groups is 1. The molecule has 0 fully saturated rings. The number of halogens is 1. The van der Waals surface area contributed by atoms with Crippen LogP contribution in [0.2, 0.25) is 0 Å². The number of imidazole rings is 1. The molecule has 1 aliphatic rings. The van der Waals surface area contributed by atoms with Crippen molar-refractivity contribution in [3.8, 4) is 11.5 Å². The quantitative estimate of drug-likeness (QED) is 0.453. The molecule has 1 aliphatic heterocycles. The number of thioether (sulfide) groups is 1. The molecule has 2 aromatic heterocycles. The molecule has 5 rings (SSSR count). The Kier molecular flexibility index (Phi) is 4.36. The average Bonchev–Trinajstić information content (AvgIpc) is 3.26. The van der Waals surface area contributed by atoms with Crippen molar-refractivity contribution in [1.29, 1.82) is 0 Å². The van der Waals surface area contributed by atoms with Gasteiger partial charge in [0.15, 0.2) is 16.7 Å². The first kappa shape index (κ1) is 17.4. The van der Waals surface area contributed by atoms with E-state index >= 15 is 0 Å². The Balaban J connectivity index is 1.32. The van der Waals surface area contributed by atoms with Gasteiger partial charge in [-0.1, -0.05) is 23.9 Å². The predicted octanol–water partition coefficient (Wildman–Crippen LogP) is 3.48. The summed E-state index contributed by atoms with van der Waals surface area (Å²) in [6.45, 7) is 1.01. The second-order valence-electron chi connectivity index (χ2n) is 6.08. The lowest BCUT2D eigenvalue weighted by molar-refractivity contribution is -0.113. The number of H-pyrrole nitrogens is 1. The number of hydrogen-bond donors (Lipinski definition) is 2. The molecule has 2 N–H and O–H groups in total. The van der Waals surface area contributed by atoms with Gasteiger partial charge in [0, 0.05) is 16.6 Å². The van der Waals surface area contributed by atoms with Crippen molar-refractivity contribution in [2.24, 2.45) is 0 Å². The minimum absolute atomic E-state index is 0.150. The topological polar surface area (TPSA) is 93.5 Å². The Morgan fingerprint density at radius 1 is 1.25 bits per heavy atom. The SMILES string of the molecule is O=C(CSc1n[nH]c2nc3ccccc3n12)Nc1cc2c(cc1Br)OCCO2. The van der Waals surface area contributed by atoms with Crippen LogP contribution in [0.5, 0.6) is 11.5 Å². The van der Waals surface area contributed by atoms with E-state index in [-0.39, 0.29) is 11.7 Å². The minimum Gasteiger partial charge on any atom is -0.486 e. The summed E-state index contributed by atoms with van der Waals surface area (Å²) in [6, 6.07) is 11.4. The summed E-state index contributed by atoms with van der Waals surface area (Å²) >= 11 is 4.80. The number of rotatable bonds is 4. The summed E-state index contributed by atoms with van der Waals surface area (Å²) < 4.78 is 13.8. The average molecular weight is 460 g/mol. The van der Waals surface area contributed by atoms with Gasteiger partial charge in [0.25, 0.3) is 0 Å². The van der Waals surface area contributed by atoms with Crippen molar-refractivity contribution < 1.29 is 14.3 Å². The Morgan fingerprint density at radius 2 is 2.04 bits per heavy atom. The van der Waals surface area contributed by atoms with E-state index in [9.17, 15) is 4.79 Å². The molecule has 10 heteroatoms. The number of para-hydroxylation sites is 2. The van der Waals surface area contributed by atoms with Gasteiger partial charge in [-0.05, 0) is 28.1 Å². The molecule has 0 saturated carbocycles. The van der Waals surface area contributed by atoms with Gasteiger partial charge in [0.05, 0.1) is 22.5 Å². The molecule has 0 radical (unpaired) electrons. The molecule has 3 heterocycles. The largest absolute Gasteiger partial charge is 0.486 e. The van der Waals surface area contributed by atoms with E-state index < -0.39 is 0 Å². The monoisotopic (exact) mass is 459 g/mol. The van der Waals surface area contributed by atoms with Crippen molar-refractivity contribution in [3.05, 3.63) is 40.9 Å². The zero-order chi connectivity index (χ0) is 19.1. The highest BCUT2D eigenvalue weighted by Crippen LogP contribution is 2.38. The number of hydrogen-bond acceptors (Lipinski definition) is 6. The summed E-state index contributed by atoms with van der Waals surface area (Å²) in [5, 5.41) is 10.8. The normalized spacial score (nSPS) is 13.2. The van der Waals surface area contributed by atoms with E-state index in [0.717, 1.165) is 15.5 Å². The van der Waals surface area contributed by atoms with Crippen molar-refractivity contribution in [1.82, 2.24) is 19.6 Å². The van der Waals surface area contributed by atoms with Gasteiger partial charge in [-0.25, -0.2) is 10.1 Å². The maximum atomic E-state index is 12.5. The number of aromatic amines is 1. The van der Waals surface area contributed by atoms with Crippen LogP contribution in [0.25, 0.3) is 16.8 Å². The Morgan fingerprint density at radius 3 is 2.89 bits per heavy atom. The lowest BCUT2D eigenvalue weighted by Crippen LogP contribution is -2.17. The fourth-order valence-corrected chi connectivity index (χ4v) is 4.19. The van der Waals surface area contributed by atoms with Gasteiger partial charge in [0.1, 0.15) is 13.2 Å². The third-order valence-corrected chi connectivity index (χ3v) is 5.84. The molecular weight excluding hydrogens is 446 g/mol. The molecule has 4 aromatic rings. The van der Waals surface area contributed by atoms with Crippen LogP contribution in [0.4, 0.5) is 5.69 Å². The molecule has 28 heavy (non-hydrogen) atoms. The molecule has 2 aromatic carbocycles. The van der Waals surface area contributed by atoms with E-state index in [1.807, 2.05) is 28.7 Å². The number of amides is 1. The highest BCUT2D eigenvalue weighted by Gasteiger charge is 2.17. The molecule has 0 unspecified atom stereocenters. The van der Waals surface area contributed by atoms with Crippen LogP contribution in [0.3, 0.4) is 0 Å². The number of carbonyl (C=O) groups excluding carboxylic acids is 1. The number of ether oxygens (including phenoxy) is 2. The zero-order valence-electron chi connectivity index (χ0n) is 14.4. The van der Waals surface area contributed by atoms with Crippen molar-refractivity contribution in [3.63, 3.8) is 0 Å². The van der Waals surface area contributed by atoms with Crippen LogP contribution in [0, 0.1) is 0 Å². The first-order valence-electron chi connectivity index (χ1n) is 8.52. The lowest BCUT2D eigenvalue weighted by atomic mass is 10.2. The molecular formula is C18H14BrN5O3S. The summed E-state index contributed by atoms with van der Waals surface area (Å²) in [4.78, 5) is 17.0.